The second kappa shape index (κ2) is 17.5. The van der Waals surface area contributed by atoms with Gasteiger partial charge in [0.15, 0.2) is 18.9 Å². The molecular formula is C39H50O10. The number of benzene rings is 3. The lowest BCUT2D eigenvalue weighted by Crippen LogP contribution is -2.56. The highest BCUT2D eigenvalue weighted by atomic mass is 16.7. The van der Waals surface area contributed by atoms with E-state index in [0.29, 0.717) is 26.2 Å². The van der Waals surface area contributed by atoms with Gasteiger partial charge in [0.25, 0.3) is 0 Å². The summed E-state index contributed by atoms with van der Waals surface area (Å²) in [5.74, 6) is 0. The van der Waals surface area contributed by atoms with Crippen LogP contribution in [0.2, 0.25) is 0 Å². The smallest absolute Gasteiger partial charge is 0.161 e. The van der Waals surface area contributed by atoms with E-state index < -0.39 is 73.8 Å². The van der Waals surface area contributed by atoms with Gasteiger partial charge in [-0.2, -0.15) is 0 Å². The van der Waals surface area contributed by atoms with E-state index in [1.54, 1.807) is 0 Å². The Balaban J connectivity index is 1.12. The molecule has 3 aliphatic rings. The Labute approximate surface area is 289 Å². The van der Waals surface area contributed by atoms with E-state index in [1.165, 1.54) is 0 Å². The Kier molecular flexibility index (Phi) is 12.9. The summed E-state index contributed by atoms with van der Waals surface area (Å²) in [6, 6.07) is 29.7. The number of hydrogen-bond donors (Lipinski definition) is 2. The van der Waals surface area contributed by atoms with Crippen LogP contribution in [0.4, 0.5) is 0 Å². The van der Waals surface area contributed by atoms with Crippen LogP contribution in [-0.2, 0) is 57.7 Å². The first-order valence-corrected chi connectivity index (χ1v) is 17.4. The van der Waals surface area contributed by atoms with Gasteiger partial charge >= 0.3 is 0 Å². The van der Waals surface area contributed by atoms with Crippen molar-refractivity contribution in [2.75, 3.05) is 0 Å². The topological polar surface area (TPSA) is 114 Å². The zero-order chi connectivity index (χ0) is 34.2. The average molecular weight is 679 g/mol. The van der Waals surface area contributed by atoms with Crippen molar-refractivity contribution in [3.63, 3.8) is 0 Å². The Bertz CT molecular complexity index is 1370. The number of aliphatic hydroxyl groups is 2. The molecule has 12 atom stereocenters. The fourth-order valence-corrected chi connectivity index (χ4v) is 6.89. The molecule has 3 saturated heterocycles. The highest BCUT2D eigenvalue weighted by Gasteiger charge is 2.46. The van der Waals surface area contributed by atoms with Gasteiger partial charge in [-0.3, -0.25) is 0 Å². The Morgan fingerprint density at radius 3 is 1.37 bits per heavy atom. The molecular weight excluding hydrogens is 628 g/mol. The van der Waals surface area contributed by atoms with E-state index in [4.69, 9.17) is 37.9 Å². The summed E-state index contributed by atoms with van der Waals surface area (Å²) in [5.41, 5.74) is 3.09. The van der Waals surface area contributed by atoms with Gasteiger partial charge < -0.3 is 48.1 Å². The van der Waals surface area contributed by atoms with E-state index in [9.17, 15) is 10.2 Å². The number of aliphatic hydroxyl groups excluding tert-OH is 2. The van der Waals surface area contributed by atoms with E-state index in [2.05, 4.69) is 0 Å². The molecule has 3 aromatic rings. The van der Waals surface area contributed by atoms with Gasteiger partial charge in [0.05, 0.1) is 56.4 Å². The minimum atomic E-state index is -0.984. The lowest BCUT2D eigenvalue weighted by molar-refractivity contribution is -0.333. The van der Waals surface area contributed by atoms with Crippen LogP contribution in [0.5, 0.6) is 0 Å². The molecule has 49 heavy (non-hydrogen) atoms. The van der Waals surface area contributed by atoms with E-state index in [1.807, 2.05) is 112 Å². The molecule has 3 heterocycles. The van der Waals surface area contributed by atoms with Gasteiger partial charge in [-0.25, -0.2) is 0 Å². The molecule has 3 fully saturated rings. The van der Waals surface area contributed by atoms with Crippen LogP contribution in [0.25, 0.3) is 0 Å². The molecule has 0 saturated carbocycles. The fourth-order valence-electron chi connectivity index (χ4n) is 6.89. The molecule has 3 aromatic carbocycles. The predicted octanol–water partition coefficient (Wildman–Crippen LogP) is 5.27. The number of hydrogen-bond acceptors (Lipinski definition) is 10. The highest BCUT2D eigenvalue weighted by Crippen LogP contribution is 2.34. The lowest BCUT2D eigenvalue weighted by Gasteiger charge is -2.45. The van der Waals surface area contributed by atoms with Crippen molar-refractivity contribution in [1.29, 1.82) is 0 Å². The largest absolute Gasteiger partial charge is 0.390 e. The summed E-state index contributed by atoms with van der Waals surface area (Å²) >= 11 is 0. The van der Waals surface area contributed by atoms with E-state index in [-0.39, 0.29) is 12.8 Å². The normalized spacial score (nSPS) is 35.2. The van der Waals surface area contributed by atoms with E-state index >= 15 is 0 Å². The first kappa shape index (κ1) is 36.1. The van der Waals surface area contributed by atoms with Crippen molar-refractivity contribution in [3.05, 3.63) is 108 Å². The van der Waals surface area contributed by atoms with Crippen LogP contribution in [0.15, 0.2) is 91.0 Å². The summed E-state index contributed by atoms with van der Waals surface area (Å²) in [7, 11) is 0. The van der Waals surface area contributed by atoms with Crippen LogP contribution >= 0.6 is 0 Å². The van der Waals surface area contributed by atoms with Crippen LogP contribution in [0, 0.1) is 0 Å². The maximum Gasteiger partial charge on any atom is 0.161 e. The molecule has 10 heteroatoms. The fraction of sp³-hybridized carbons (Fsp3) is 0.538. The first-order valence-electron chi connectivity index (χ1n) is 17.4. The third kappa shape index (κ3) is 9.95. The summed E-state index contributed by atoms with van der Waals surface area (Å²) in [5, 5.41) is 21.7. The standard InChI is InChI=1S/C39H50O10/c1-25-37(42-22-28-13-7-4-8-14-28)31(40)19-35(46-25)49-33-21-36(47-27(3)39(33)44-24-30-17-11-6-12-18-30)48-32-20-34(41)45-26(2)38(32)43-23-29-15-9-5-10-16-29/h4-18,25-27,31-41H,19-24H2,1-3H3/t25-,26-,27-,31+,32+,33+,34+,35-,36-,37-,38-,39-/m0/s1. The van der Waals surface area contributed by atoms with Crippen LogP contribution in [0.1, 0.15) is 56.7 Å². The summed E-state index contributed by atoms with van der Waals surface area (Å²) in [6.07, 6.45) is -5.84. The zero-order valence-electron chi connectivity index (χ0n) is 28.5. The predicted molar refractivity (Wildman–Crippen MR) is 180 cm³/mol. The molecule has 10 nitrogen and oxygen atoms in total. The Morgan fingerprint density at radius 1 is 0.510 bits per heavy atom. The molecule has 0 spiro atoms. The summed E-state index contributed by atoms with van der Waals surface area (Å²) in [4.78, 5) is 0. The van der Waals surface area contributed by atoms with Crippen molar-refractivity contribution < 1.29 is 48.1 Å². The molecule has 0 aromatic heterocycles. The second-order valence-corrected chi connectivity index (χ2v) is 13.2. The van der Waals surface area contributed by atoms with Crippen molar-refractivity contribution in [3.8, 4) is 0 Å². The Morgan fingerprint density at radius 2 is 0.898 bits per heavy atom. The quantitative estimate of drug-likeness (QED) is 0.248. The summed E-state index contributed by atoms with van der Waals surface area (Å²) < 4.78 is 50.5. The SMILES string of the molecule is C[C@@H]1O[C@@H](O[C@@H]2C[C@H](O[C@@H]3C[C@H](O)O[C@@H](C)[C@@H]3OCc3ccccc3)O[C@@H](C)[C@@H]2OCc2ccccc2)C[C@@H](O)[C@H]1OCc1ccccc1. The van der Waals surface area contributed by atoms with Crippen molar-refractivity contribution in [2.45, 2.75) is 134 Å². The van der Waals surface area contributed by atoms with Crippen molar-refractivity contribution in [1.82, 2.24) is 0 Å². The second-order valence-electron chi connectivity index (χ2n) is 13.2. The maximum absolute atomic E-state index is 11.2. The van der Waals surface area contributed by atoms with Gasteiger partial charge in [0.1, 0.15) is 18.3 Å². The molecule has 6 rings (SSSR count). The molecule has 0 unspecified atom stereocenters. The molecule has 266 valence electrons. The monoisotopic (exact) mass is 678 g/mol. The first-order chi connectivity index (χ1) is 23.8. The highest BCUT2D eigenvalue weighted by molar-refractivity contribution is 5.15. The van der Waals surface area contributed by atoms with Crippen LogP contribution < -0.4 is 0 Å². The Hall–Kier alpha value is -2.74. The number of ether oxygens (including phenoxy) is 8. The van der Waals surface area contributed by atoms with Crippen molar-refractivity contribution >= 4 is 0 Å². The lowest BCUT2D eigenvalue weighted by atomic mass is 9.99. The third-order valence-corrected chi connectivity index (χ3v) is 9.41. The molecule has 0 amide bonds. The number of rotatable bonds is 13. The molecule has 3 aliphatic heterocycles. The zero-order valence-corrected chi connectivity index (χ0v) is 28.5. The van der Waals surface area contributed by atoms with Gasteiger partial charge in [-0.1, -0.05) is 91.0 Å². The molecule has 0 aliphatic carbocycles. The minimum absolute atomic E-state index is 0.233. The van der Waals surface area contributed by atoms with Gasteiger partial charge in [0.2, 0.25) is 0 Å². The van der Waals surface area contributed by atoms with Crippen molar-refractivity contribution in [2.24, 2.45) is 0 Å². The van der Waals surface area contributed by atoms with Crippen LogP contribution in [0.3, 0.4) is 0 Å². The third-order valence-electron chi connectivity index (χ3n) is 9.41. The van der Waals surface area contributed by atoms with Crippen LogP contribution in [-0.4, -0.2) is 84.0 Å². The molecule has 2 N–H and O–H groups in total. The average Bonchev–Trinajstić information content (AvgIpc) is 3.08. The molecule has 0 radical (unpaired) electrons. The van der Waals surface area contributed by atoms with Gasteiger partial charge in [0, 0.05) is 19.3 Å². The maximum atomic E-state index is 11.2. The van der Waals surface area contributed by atoms with E-state index in [0.717, 1.165) is 16.7 Å². The molecule has 0 bridgehead atoms. The minimum Gasteiger partial charge on any atom is -0.390 e. The van der Waals surface area contributed by atoms with Gasteiger partial charge in [-0.05, 0) is 37.5 Å². The summed E-state index contributed by atoms with van der Waals surface area (Å²) in [6.45, 7) is 6.85. The van der Waals surface area contributed by atoms with Gasteiger partial charge in [-0.15, -0.1) is 0 Å².